The van der Waals surface area contributed by atoms with E-state index in [1.807, 2.05) is 0 Å². The lowest BCUT2D eigenvalue weighted by atomic mass is 9.84. The van der Waals surface area contributed by atoms with Gasteiger partial charge in [0.1, 0.15) is 0 Å². The molecule has 140 valence electrons. The fourth-order valence-electron chi connectivity index (χ4n) is 3.16. The molecule has 3 N–H and O–H groups in total. The lowest BCUT2D eigenvalue weighted by Gasteiger charge is -2.31. The van der Waals surface area contributed by atoms with Gasteiger partial charge in [-0.25, -0.2) is 0 Å². The monoisotopic (exact) mass is 368 g/mol. The molecular formula is C17H19F3N4O2. The lowest BCUT2D eigenvalue weighted by Crippen LogP contribution is -2.44. The molecule has 1 aromatic carbocycles. The van der Waals surface area contributed by atoms with Crippen LogP contribution in [0.5, 0.6) is 0 Å². The number of rotatable bonds is 4. The van der Waals surface area contributed by atoms with Gasteiger partial charge in [0, 0.05) is 17.2 Å². The Morgan fingerprint density at radius 2 is 1.92 bits per heavy atom. The average Bonchev–Trinajstić information content (AvgIpc) is 3.13. The van der Waals surface area contributed by atoms with E-state index in [9.17, 15) is 18.0 Å². The molecule has 0 aliphatic heterocycles. The molecule has 26 heavy (non-hydrogen) atoms. The lowest BCUT2D eigenvalue weighted by molar-refractivity contribution is -0.159. The van der Waals surface area contributed by atoms with E-state index in [2.05, 4.69) is 20.0 Å². The Kier molecular flexibility index (Phi) is 5.26. The van der Waals surface area contributed by atoms with Crippen molar-refractivity contribution >= 4 is 5.91 Å². The number of hydrogen-bond donors (Lipinski definition) is 2. The highest BCUT2D eigenvalue weighted by Gasteiger charge is 2.38. The maximum absolute atomic E-state index is 12.5. The van der Waals surface area contributed by atoms with Crippen LogP contribution in [0.25, 0.3) is 11.4 Å². The summed E-state index contributed by atoms with van der Waals surface area (Å²) in [5.74, 6) is -1.54. The van der Waals surface area contributed by atoms with Gasteiger partial charge in [0.05, 0.1) is 0 Å². The average molecular weight is 368 g/mol. The molecule has 2 atom stereocenters. The number of carbonyl (C=O) groups excluding carboxylic acids is 1. The van der Waals surface area contributed by atoms with Crippen molar-refractivity contribution in [1.29, 1.82) is 0 Å². The Hall–Kier alpha value is -2.42. The zero-order valence-electron chi connectivity index (χ0n) is 13.9. The number of alkyl halides is 3. The largest absolute Gasteiger partial charge is 0.471 e. The molecule has 6 nitrogen and oxygen atoms in total. The van der Waals surface area contributed by atoms with Crippen LogP contribution in [0, 0.1) is 5.92 Å². The fraction of sp³-hybridized carbons (Fsp3) is 0.471. The van der Waals surface area contributed by atoms with Crippen LogP contribution in [0.15, 0.2) is 28.8 Å². The number of hydrogen-bond acceptors (Lipinski definition) is 5. The number of benzene rings is 1. The zero-order chi connectivity index (χ0) is 18.7. The zero-order valence-corrected chi connectivity index (χ0v) is 13.9. The molecule has 2 aromatic rings. The molecule has 1 aliphatic carbocycles. The SMILES string of the molecule is NC[C@H]1CCCC[C@H]1NC(=O)c1ccc(-c2noc(C(F)(F)F)n2)cc1. The third-order valence-electron chi connectivity index (χ3n) is 4.60. The maximum atomic E-state index is 12.5. The highest BCUT2D eigenvalue weighted by atomic mass is 19.4. The van der Waals surface area contributed by atoms with Gasteiger partial charge in [-0.15, -0.1) is 0 Å². The number of aromatic nitrogens is 2. The third kappa shape index (κ3) is 4.04. The van der Waals surface area contributed by atoms with E-state index in [0.29, 0.717) is 17.7 Å². The van der Waals surface area contributed by atoms with Crippen LogP contribution < -0.4 is 11.1 Å². The Bertz CT molecular complexity index is 758. The van der Waals surface area contributed by atoms with E-state index in [0.717, 1.165) is 25.7 Å². The standard InChI is InChI=1S/C17H19F3N4O2/c18-17(19,20)16-23-14(24-26-16)10-5-7-11(8-6-10)15(25)22-13-4-2-1-3-12(13)9-21/h5-8,12-13H,1-4,9,21H2,(H,22,25)/t12-,13-/m1/s1. The molecule has 1 amide bonds. The van der Waals surface area contributed by atoms with Crippen LogP contribution in [0.3, 0.4) is 0 Å². The van der Waals surface area contributed by atoms with Crippen molar-refractivity contribution in [3.8, 4) is 11.4 Å². The molecule has 1 aliphatic rings. The molecule has 1 aromatic heterocycles. The van der Waals surface area contributed by atoms with Crippen LogP contribution in [0.1, 0.15) is 41.9 Å². The highest BCUT2D eigenvalue weighted by molar-refractivity contribution is 5.94. The summed E-state index contributed by atoms with van der Waals surface area (Å²) < 4.78 is 41.7. The summed E-state index contributed by atoms with van der Waals surface area (Å²) in [7, 11) is 0. The predicted octanol–water partition coefficient (Wildman–Crippen LogP) is 3.00. The predicted molar refractivity (Wildman–Crippen MR) is 87.0 cm³/mol. The van der Waals surface area contributed by atoms with E-state index >= 15 is 0 Å². The summed E-state index contributed by atoms with van der Waals surface area (Å²) in [4.78, 5) is 15.7. The summed E-state index contributed by atoms with van der Waals surface area (Å²) in [5.41, 5.74) is 6.51. The number of amides is 1. The number of nitrogens with two attached hydrogens (primary N) is 1. The molecule has 0 unspecified atom stereocenters. The van der Waals surface area contributed by atoms with Crippen LogP contribution in [0.4, 0.5) is 13.2 Å². The molecule has 9 heteroatoms. The normalized spacial score (nSPS) is 20.8. The topological polar surface area (TPSA) is 94.0 Å². The summed E-state index contributed by atoms with van der Waals surface area (Å²) in [6, 6.07) is 6.07. The minimum absolute atomic E-state index is 0.0486. The van der Waals surface area contributed by atoms with Gasteiger partial charge in [0.25, 0.3) is 5.91 Å². The van der Waals surface area contributed by atoms with Crippen molar-refractivity contribution in [1.82, 2.24) is 15.5 Å². The highest BCUT2D eigenvalue weighted by Crippen LogP contribution is 2.29. The number of carbonyl (C=O) groups is 1. The van der Waals surface area contributed by atoms with E-state index in [1.165, 1.54) is 24.3 Å². The van der Waals surface area contributed by atoms with Crippen molar-refractivity contribution < 1.29 is 22.5 Å². The minimum atomic E-state index is -4.69. The van der Waals surface area contributed by atoms with Crippen molar-refractivity contribution in [2.24, 2.45) is 11.7 Å². The fourth-order valence-corrected chi connectivity index (χ4v) is 3.16. The summed E-state index contributed by atoms with van der Waals surface area (Å²) >= 11 is 0. The molecule has 0 radical (unpaired) electrons. The molecule has 1 heterocycles. The molecule has 0 saturated heterocycles. The van der Waals surface area contributed by atoms with Gasteiger partial charge in [0.15, 0.2) is 0 Å². The smallest absolute Gasteiger partial charge is 0.349 e. The first-order valence-electron chi connectivity index (χ1n) is 8.40. The van der Waals surface area contributed by atoms with E-state index in [-0.39, 0.29) is 23.7 Å². The Balaban J connectivity index is 1.69. The first-order valence-corrected chi connectivity index (χ1v) is 8.40. The molecule has 0 bridgehead atoms. The van der Waals surface area contributed by atoms with Crippen LogP contribution >= 0.6 is 0 Å². The number of halogens is 3. The second kappa shape index (κ2) is 7.45. The van der Waals surface area contributed by atoms with Crippen molar-refractivity contribution in [2.75, 3.05) is 6.54 Å². The molecule has 1 fully saturated rings. The van der Waals surface area contributed by atoms with E-state index in [4.69, 9.17) is 5.73 Å². The molecular weight excluding hydrogens is 349 g/mol. The molecule has 3 rings (SSSR count). The van der Waals surface area contributed by atoms with E-state index in [1.54, 1.807) is 0 Å². The third-order valence-corrected chi connectivity index (χ3v) is 4.60. The Morgan fingerprint density at radius 1 is 1.23 bits per heavy atom. The first kappa shape index (κ1) is 18.4. The quantitative estimate of drug-likeness (QED) is 0.865. The van der Waals surface area contributed by atoms with Gasteiger partial charge in [-0.1, -0.05) is 30.1 Å². The summed E-state index contributed by atoms with van der Waals surface area (Å²) in [6.07, 6.45) is -0.619. The minimum Gasteiger partial charge on any atom is -0.349 e. The first-order chi connectivity index (χ1) is 12.4. The van der Waals surface area contributed by atoms with Gasteiger partial charge in [-0.3, -0.25) is 4.79 Å². The van der Waals surface area contributed by atoms with Gasteiger partial charge in [-0.05, 0) is 37.4 Å². The van der Waals surface area contributed by atoms with Crippen LogP contribution in [-0.4, -0.2) is 28.6 Å². The van der Waals surface area contributed by atoms with Crippen LogP contribution in [0.2, 0.25) is 0 Å². The van der Waals surface area contributed by atoms with Crippen molar-refractivity contribution in [2.45, 2.75) is 37.9 Å². The Labute approximate surface area is 148 Å². The van der Waals surface area contributed by atoms with E-state index < -0.39 is 12.1 Å². The maximum Gasteiger partial charge on any atom is 0.471 e. The Morgan fingerprint density at radius 3 is 2.54 bits per heavy atom. The van der Waals surface area contributed by atoms with Gasteiger partial charge in [-0.2, -0.15) is 18.2 Å². The number of nitrogens with zero attached hydrogens (tertiary/aromatic N) is 2. The summed E-state index contributed by atoms with van der Waals surface area (Å²) in [6.45, 7) is 0.531. The summed E-state index contributed by atoms with van der Waals surface area (Å²) in [5, 5.41) is 6.32. The molecule has 0 spiro atoms. The number of nitrogens with one attached hydrogen (secondary N) is 1. The van der Waals surface area contributed by atoms with Crippen molar-refractivity contribution in [3.63, 3.8) is 0 Å². The van der Waals surface area contributed by atoms with Crippen LogP contribution in [-0.2, 0) is 6.18 Å². The van der Waals surface area contributed by atoms with Gasteiger partial charge in [0.2, 0.25) is 5.82 Å². The second-order valence-electron chi connectivity index (χ2n) is 6.36. The van der Waals surface area contributed by atoms with Gasteiger partial charge >= 0.3 is 12.1 Å². The van der Waals surface area contributed by atoms with Crippen molar-refractivity contribution in [3.05, 3.63) is 35.7 Å². The van der Waals surface area contributed by atoms with Gasteiger partial charge < -0.3 is 15.6 Å². The molecule has 1 saturated carbocycles. The second-order valence-corrected chi connectivity index (χ2v) is 6.36.